The van der Waals surface area contributed by atoms with E-state index in [4.69, 9.17) is 9.84 Å². The third-order valence-corrected chi connectivity index (χ3v) is 2.37. The normalized spacial score (nSPS) is 11.1. The third kappa shape index (κ3) is 2.49. The SMILES string of the molecule is CCOC(=O)C(C)(C)c1ccc(O)cc1. The first-order valence-electron chi connectivity index (χ1n) is 4.95. The molecule has 0 aliphatic carbocycles. The number of hydrogen-bond acceptors (Lipinski definition) is 3. The first-order valence-corrected chi connectivity index (χ1v) is 4.95. The predicted octanol–water partition coefficient (Wildman–Crippen LogP) is 2.23. The van der Waals surface area contributed by atoms with Crippen LogP contribution in [0.15, 0.2) is 24.3 Å². The van der Waals surface area contributed by atoms with Crippen molar-refractivity contribution in [3.8, 4) is 5.75 Å². The van der Waals surface area contributed by atoms with E-state index in [1.165, 1.54) is 0 Å². The van der Waals surface area contributed by atoms with Crippen molar-refractivity contribution in [3.63, 3.8) is 0 Å². The van der Waals surface area contributed by atoms with Gasteiger partial charge in [0.1, 0.15) is 5.75 Å². The van der Waals surface area contributed by atoms with Gasteiger partial charge in [0.2, 0.25) is 0 Å². The summed E-state index contributed by atoms with van der Waals surface area (Å²) in [7, 11) is 0. The smallest absolute Gasteiger partial charge is 0.315 e. The minimum absolute atomic E-state index is 0.193. The second-order valence-corrected chi connectivity index (χ2v) is 3.89. The predicted molar refractivity (Wildman–Crippen MR) is 57.8 cm³/mol. The lowest BCUT2D eigenvalue weighted by Crippen LogP contribution is -2.30. The van der Waals surface area contributed by atoms with Crippen LogP contribution in [0.25, 0.3) is 0 Å². The summed E-state index contributed by atoms with van der Waals surface area (Å²) in [4.78, 5) is 11.7. The van der Waals surface area contributed by atoms with E-state index in [0.717, 1.165) is 5.56 Å². The zero-order valence-electron chi connectivity index (χ0n) is 9.28. The molecule has 0 bridgehead atoms. The summed E-state index contributed by atoms with van der Waals surface area (Å²) in [6, 6.07) is 6.59. The van der Waals surface area contributed by atoms with E-state index >= 15 is 0 Å². The van der Waals surface area contributed by atoms with Crippen LogP contribution in [0.1, 0.15) is 26.3 Å². The van der Waals surface area contributed by atoms with Gasteiger partial charge in [-0.1, -0.05) is 12.1 Å². The molecule has 1 aromatic carbocycles. The molecule has 3 nitrogen and oxygen atoms in total. The second kappa shape index (κ2) is 4.34. The molecule has 0 radical (unpaired) electrons. The molecule has 0 saturated carbocycles. The molecule has 3 heteroatoms. The summed E-state index contributed by atoms with van der Waals surface area (Å²) in [5.41, 5.74) is 0.155. The fourth-order valence-electron chi connectivity index (χ4n) is 1.31. The summed E-state index contributed by atoms with van der Waals surface area (Å²) < 4.78 is 4.99. The molecule has 0 aliphatic rings. The Morgan fingerprint density at radius 3 is 2.33 bits per heavy atom. The summed E-state index contributed by atoms with van der Waals surface area (Å²) >= 11 is 0. The summed E-state index contributed by atoms with van der Waals surface area (Å²) in [6.07, 6.45) is 0. The maximum atomic E-state index is 11.7. The van der Waals surface area contributed by atoms with E-state index in [1.807, 2.05) is 0 Å². The average Bonchev–Trinajstić information content (AvgIpc) is 2.18. The summed E-state index contributed by atoms with van der Waals surface area (Å²) in [5.74, 6) is -0.0610. The van der Waals surface area contributed by atoms with Gasteiger partial charge in [-0.3, -0.25) is 4.79 Å². The van der Waals surface area contributed by atoms with Gasteiger partial charge in [-0.25, -0.2) is 0 Å². The maximum absolute atomic E-state index is 11.7. The van der Waals surface area contributed by atoms with Gasteiger partial charge in [-0.05, 0) is 38.5 Å². The number of carbonyl (C=O) groups is 1. The van der Waals surface area contributed by atoms with Crippen LogP contribution < -0.4 is 0 Å². The average molecular weight is 208 g/mol. The zero-order valence-corrected chi connectivity index (χ0v) is 9.28. The zero-order chi connectivity index (χ0) is 11.5. The molecule has 15 heavy (non-hydrogen) atoms. The van der Waals surface area contributed by atoms with Gasteiger partial charge >= 0.3 is 5.97 Å². The highest BCUT2D eigenvalue weighted by Gasteiger charge is 2.31. The Kier molecular flexibility index (Phi) is 3.35. The van der Waals surface area contributed by atoms with Crippen molar-refractivity contribution in [1.29, 1.82) is 0 Å². The molecule has 0 spiro atoms. The Morgan fingerprint density at radius 1 is 1.33 bits per heavy atom. The highest BCUT2D eigenvalue weighted by molar-refractivity contribution is 5.82. The fourth-order valence-corrected chi connectivity index (χ4v) is 1.31. The van der Waals surface area contributed by atoms with Crippen LogP contribution in [-0.4, -0.2) is 17.7 Å². The number of rotatable bonds is 3. The number of hydrogen-bond donors (Lipinski definition) is 1. The molecule has 0 unspecified atom stereocenters. The molecular weight excluding hydrogens is 192 g/mol. The van der Waals surface area contributed by atoms with Crippen LogP contribution >= 0.6 is 0 Å². The van der Waals surface area contributed by atoms with Crippen LogP contribution in [0.5, 0.6) is 5.75 Å². The first kappa shape index (κ1) is 11.6. The lowest BCUT2D eigenvalue weighted by molar-refractivity contribution is -0.148. The number of carbonyl (C=O) groups excluding carboxylic acids is 1. The van der Waals surface area contributed by atoms with Gasteiger partial charge in [0.15, 0.2) is 0 Å². The molecule has 0 heterocycles. The number of esters is 1. The molecular formula is C12H16O3. The fraction of sp³-hybridized carbons (Fsp3) is 0.417. The standard InChI is InChI=1S/C12H16O3/c1-4-15-11(14)12(2,3)9-5-7-10(13)8-6-9/h5-8,13H,4H2,1-3H3. The van der Waals surface area contributed by atoms with E-state index in [2.05, 4.69) is 0 Å². The molecule has 0 aromatic heterocycles. The van der Waals surface area contributed by atoms with E-state index in [1.54, 1.807) is 45.0 Å². The quantitative estimate of drug-likeness (QED) is 0.775. The molecule has 0 fully saturated rings. The Hall–Kier alpha value is -1.51. The minimum Gasteiger partial charge on any atom is -0.508 e. The number of phenols is 1. The van der Waals surface area contributed by atoms with Crippen LogP contribution in [-0.2, 0) is 14.9 Å². The van der Waals surface area contributed by atoms with Crippen LogP contribution in [0.3, 0.4) is 0 Å². The molecule has 82 valence electrons. The number of phenolic OH excluding ortho intramolecular Hbond substituents is 1. The van der Waals surface area contributed by atoms with E-state index in [0.29, 0.717) is 6.61 Å². The van der Waals surface area contributed by atoms with E-state index < -0.39 is 5.41 Å². The van der Waals surface area contributed by atoms with Crippen molar-refractivity contribution in [2.45, 2.75) is 26.2 Å². The Morgan fingerprint density at radius 2 is 1.87 bits per heavy atom. The van der Waals surface area contributed by atoms with Gasteiger partial charge in [0, 0.05) is 0 Å². The lowest BCUT2D eigenvalue weighted by atomic mass is 9.85. The first-order chi connectivity index (χ1) is 6.98. The maximum Gasteiger partial charge on any atom is 0.315 e. The van der Waals surface area contributed by atoms with Crippen molar-refractivity contribution < 1.29 is 14.6 Å². The van der Waals surface area contributed by atoms with Gasteiger partial charge in [0.05, 0.1) is 12.0 Å². The van der Waals surface area contributed by atoms with Crippen molar-refractivity contribution in [2.24, 2.45) is 0 Å². The van der Waals surface area contributed by atoms with Crippen molar-refractivity contribution >= 4 is 5.97 Å². The summed E-state index contributed by atoms with van der Waals surface area (Å²) in [6.45, 7) is 5.76. The third-order valence-electron chi connectivity index (χ3n) is 2.37. The van der Waals surface area contributed by atoms with E-state index in [9.17, 15) is 4.79 Å². The Labute approximate surface area is 89.7 Å². The Balaban J connectivity index is 2.94. The number of benzene rings is 1. The number of aromatic hydroxyl groups is 1. The minimum atomic E-state index is -0.677. The van der Waals surface area contributed by atoms with Crippen molar-refractivity contribution in [2.75, 3.05) is 6.61 Å². The summed E-state index contributed by atoms with van der Waals surface area (Å²) in [5, 5.41) is 9.15. The van der Waals surface area contributed by atoms with Gasteiger partial charge < -0.3 is 9.84 Å². The Bertz CT molecular complexity index is 338. The van der Waals surface area contributed by atoms with Gasteiger partial charge in [-0.2, -0.15) is 0 Å². The highest BCUT2D eigenvalue weighted by Crippen LogP contribution is 2.26. The van der Waals surface area contributed by atoms with Crippen LogP contribution in [0, 0.1) is 0 Å². The van der Waals surface area contributed by atoms with Crippen LogP contribution in [0.2, 0.25) is 0 Å². The van der Waals surface area contributed by atoms with Gasteiger partial charge in [0.25, 0.3) is 0 Å². The van der Waals surface area contributed by atoms with Crippen molar-refractivity contribution in [1.82, 2.24) is 0 Å². The van der Waals surface area contributed by atoms with E-state index in [-0.39, 0.29) is 11.7 Å². The second-order valence-electron chi connectivity index (χ2n) is 3.89. The largest absolute Gasteiger partial charge is 0.508 e. The number of ether oxygens (including phenoxy) is 1. The highest BCUT2D eigenvalue weighted by atomic mass is 16.5. The molecule has 1 rings (SSSR count). The molecule has 0 atom stereocenters. The molecule has 1 N–H and O–H groups in total. The van der Waals surface area contributed by atoms with Gasteiger partial charge in [-0.15, -0.1) is 0 Å². The monoisotopic (exact) mass is 208 g/mol. The molecule has 0 aliphatic heterocycles. The molecule has 0 saturated heterocycles. The van der Waals surface area contributed by atoms with Crippen LogP contribution in [0.4, 0.5) is 0 Å². The molecule has 0 amide bonds. The topological polar surface area (TPSA) is 46.5 Å². The molecule has 1 aromatic rings. The van der Waals surface area contributed by atoms with Crippen molar-refractivity contribution in [3.05, 3.63) is 29.8 Å². The lowest BCUT2D eigenvalue weighted by Gasteiger charge is -2.22.